The summed E-state index contributed by atoms with van der Waals surface area (Å²) in [5, 5.41) is 9.47. The van der Waals surface area contributed by atoms with Gasteiger partial charge in [-0.05, 0) is 25.0 Å². The van der Waals surface area contributed by atoms with Gasteiger partial charge in [0.1, 0.15) is 5.69 Å². The van der Waals surface area contributed by atoms with Gasteiger partial charge in [-0.1, -0.05) is 0 Å². The molecule has 1 saturated heterocycles. The summed E-state index contributed by atoms with van der Waals surface area (Å²) in [7, 11) is 1.27. The molecule has 0 aromatic carbocycles. The fraction of sp³-hybridized carbons (Fsp3) is 0.500. The predicted octanol–water partition coefficient (Wildman–Crippen LogP) is 1.81. The maximum absolute atomic E-state index is 13.0. The third-order valence-electron chi connectivity index (χ3n) is 3.83. The van der Waals surface area contributed by atoms with Gasteiger partial charge in [-0.2, -0.15) is 13.2 Å². The van der Waals surface area contributed by atoms with Crippen LogP contribution in [0.2, 0.25) is 0 Å². The Morgan fingerprint density at radius 2 is 2.17 bits per heavy atom. The molecule has 1 fully saturated rings. The van der Waals surface area contributed by atoms with E-state index in [1.807, 2.05) is 0 Å². The minimum Gasteiger partial charge on any atom is -0.479 e. The van der Waals surface area contributed by atoms with Crippen molar-refractivity contribution in [3.05, 3.63) is 29.6 Å². The first-order valence-electron chi connectivity index (χ1n) is 6.80. The van der Waals surface area contributed by atoms with Crippen LogP contribution in [0.25, 0.3) is 0 Å². The number of hydrogen-bond acceptors (Lipinski definition) is 4. The van der Waals surface area contributed by atoms with Gasteiger partial charge in [0.25, 0.3) is 5.91 Å². The first-order valence-corrected chi connectivity index (χ1v) is 6.80. The lowest BCUT2D eigenvalue weighted by molar-refractivity contribution is -0.151. The highest BCUT2D eigenvalue weighted by molar-refractivity contribution is 5.98. The van der Waals surface area contributed by atoms with Crippen LogP contribution in [0.3, 0.4) is 0 Å². The Balaban J connectivity index is 2.46. The van der Waals surface area contributed by atoms with Crippen molar-refractivity contribution in [2.45, 2.75) is 24.6 Å². The van der Waals surface area contributed by atoms with Crippen molar-refractivity contribution >= 4 is 11.9 Å². The number of aromatic nitrogens is 1. The van der Waals surface area contributed by atoms with Crippen LogP contribution in [-0.2, 0) is 15.7 Å². The zero-order valence-corrected chi connectivity index (χ0v) is 12.3. The monoisotopic (exact) mass is 332 g/mol. The van der Waals surface area contributed by atoms with Gasteiger partial charge in [0.15, 0.2) is 5.54 Å². The number of likely N-dealkylation sites (tertiary alicyclic amines) is 1. The second kappa shape index (κ2) is 6.15. The number of ether oxygens (including phenoxy) is 1. The lowest BCUT2D eigenvalue weighted by atomic mass is 9.96. The lowest BCUT2D eigenvalue weighted by Crippen LogP contribution is -2.56. The fourth-order valence-corrected chi connectivity index (χ4v) is 2.78. The number of halogens is 3. The third kappa shape index (κ3) is 3.00. The van der Waals surface area contributed by atoms with E-state index >= 15 is 0 Å². The smallest absolute Gasteiger partial charge is 0.418 e. The standard InChI is InChI=1S/C14H15F3N2O4/c1-23-8-13(12(21)22)5-3-7-19(13)11(20)10-9(14(15,16)17)4-2-6-18-10/h2,4,6H,3,5,7-8H2,1H3,(H,21,22). The van der Waals surface area contributed by atoms with Gasteiger partial charge in [0.2, 0.25) is 0 Å². The molecule has 1 N–H and O–H groups in total. The van der Waals surface area contributed by atoms with Crippen LogP contribution < -0.4 is 0 Å². The highest BCUT2D eigenvalue weighted by Crippen LogP contribution is 2.35. The molecule has 0 spiro atoms. The Kier molecular flexibility index (Phi) is 4.60. The second-order valence-electron chi connectivity index (χ2n) is 5.23. The van der Waals surface area contributed by atoms with E-state index in [1.54, 1.807) is 0 Å². The number of pyridine rings is 1. The predicted molar refractivity (Wildman–Crippen MR) is 71.8 cm³/mol. The van der Waals surface area contributed by atoms with Gasteiger partial charge in [-0.25, -0.2) is 4.79 Å². The number of hydrogen-bond donors (Lipinski definition) is 1. The van der Waals surface area contributed by atoms with E-state index in [0.29, 0.717) is 6.42 Å². The van der Waals surface area contributed by atoms with Crippen LogP contribution in [0.4, 0.5) is 13.2 Å². The van der Waals surface area contributed by atoms with Gasteiger partial charge in [-0.15, -0.1) is 0 Å². The number of carbonyl (C=O) groups excluding carboxylic acids is 1. The van der Waals surface area contributed by atoms with Gasteiger partial charge in [0, 0.05) is 19.9 Å². The molecule has 23 heavy (non-hydrogen) atoms. The third-order valence-corrected chi connectivity index (χ3v) is 3.83. The Morgan fingerprint density at radius 1 is 1.48 bits per heavy atom. The molecule has 126 valence electrons. The van der Waals surface area contributed by atoms with Gasteiger partial charge >= 0.3 is 12.1 Å². The molecule has 0 saturated carbocycles. The number of rotatable bonds is 4. The average molecular weight is 332 g/mol. The van der Waals surface area contributed by atoms with Crippen molar-refractivity contribution in [3.63, 3.8) is 0 Å². The van der Waals surface area contributed by atoms with Crippen LogP contribution in [0.1, 0.15) is 28.9 Å². The molecule has 9 heteroatoms. The van der Waals surface area contributed by atoms with Crippen LogP contribution in [0, 0.1) is 0 Å². The number of aliphatic carboxylic acids is 1. The molecule has 0 bridgehead atoms. The molecule has 1 aromatic heterocycles. The largest absolute Gasteiger partial charge is 0.479 e. The topological polar surface area (TPSA) is 79.7 Å². The molecule has 6 nitrogen and oxygen atoms in total. The van der Waals surface area contributed by atoms with Crippen LogP contribution in [0.5, 0.6) is 0 Å². The summed E-state index contributed by atoms with van der Waals surface area (Å²) in [6, 6.07) is 1.82. The lowest BCUT2D eigenvalue weighted by Gasteiger charge is -2.34. The Morgan fingerprint density at radius 3 is 2.74 bits per heavy atom. The summed E-state index contributed by atoms with van der Waals surface area (Å²) < 4.78 is 44.0. The van der Waals surface area contributed by atoms with Crippen LogP contribution in [-0.4, -0.2) is 52.7 Å². The zero-order chi connectivity index (χ0) is 17.3. The first kappa shape index (κ1) is 17.2. The molecular formula is C14H15F3N2O4. The number of alkyl halides is 3. The molecule has 2 rings (SSSR count). The molecule has 1 aliphatic heterocycles. The fourth-order valence-electron chi connectivity index (χ4n) is 2.78. The molecule has 1 aliphatic rings. The van der Waals surface area contributed by atoms with E-state index in [1.165, 1.54) is 7.11 Å². The Bertz CT molecular complexity index is 620. The number of amides is 1. The Hall–Kier alpha value is -2.16. The highest BCUT2D eigenvalue weighted by Gasteiger charge is 2.51. The summed E-state index contributed by atoms with van der Waals surface area (Å²) in [6.07, 6.45) is -3.23. The molecule has 1 atom stereocenters. The molecule has 1 unspecified atom stereocenters. The summed E-state index contributed by atoms with van der Waals surface area (Å²) >= 11 is 0. The normalized spacial score (nSPS) is 21.5. The van der Waals surface area contributed by atoms with E-state index in [0.717, 1.165) is 23.2 Å². The van der Waals surface area contributed by atoms with Crippen LogP contribution >= 0.6 is 0 Å². The van der Waals surface area contributed by atoms with E-state index < -0.39 is 34.8 Å². The minimum atomic E-state index is -4.76. The van der Waals surface area contributed by atoms with E-state index in [2.05, 4.69) is 4.98 Å². The van der Waals surface area contributed by atoms with E-state index in [-0.39, 0.29) is 19.6 Å². The SMILES string of the molecule is COCC1(C(=O)O)CCCN1C(=O)c1ncccc1C(F)(F)F. The highest BCUT2D eigenvalue weighted by atomic mass is 19.4. The summed E-state index contributed by atoms with van der Waals surface area (Å²) in [6.45, 7) is -0.273. The summed E-state index contributed by atoms with van der Waals surface area (Å²) in [5.41, 5.74) is -3.66. The number of carboxylic acids is 1. The average Bonchev–Trinajstić information content (AvgIpc) is 2.91. The van der Waals surface area contributed by atoms with Crippen molar-refractivity contribution in [2.75, 3.05) is 20.3 Å². The summed E-state index contributed by atoms with van der Waals surface area (Å²) in [4.78, 5) is 28.6. The molecule has 1 aromatic rings. The summed E-state index contributed by atoms with van der Waals surface area (Å²) in [5.74, 6) is -2.37. The molecular weight excluding hydrogens is 317 g/mol. The van der Waals surface area contributed by atoms with E-state index in [4.69, 9.17) is 4.74 Å². The van der Waals surface area contributed by atoms with Crippen molar-refractivity contribution < 1.29 is 32.6 Å². The van der Waals surface area contributed by atoms with E-state index in [9.17, 15) is 27.9 Å². The first-order chi connectivity index (χ1) is 10.7. The van der Waals surface area contributed by atoms with Gasteiger partial charge < -0.3 is 14.7 Å². The van der Waals surface area contributed by atoms with Gasteiger partial charge in [0.05, 0.1) is 12.2 Å². The second-order valence-corrected chi connectivity index (χ2v) is 5.23. The molecule has 0 radical (unpaired) electrons. The number of carboxylic acid groups (broad SMARTS) is 1. The van der Waals surface area contributed by atoms with Crippen LogP contribution in [0.15, 0.2) is 18.3 Å². The zero-order valence-electron chi connectivity index (χ0n) is 12.3. The van der Waals surface area contributed by atoms with Crippen molar-refractivity contribution in [1.82, 2.24) is 9.88 Å². The maximum atomic E-state index is 13.0. The van der Waals surface area contributed by atoms with Gasteiger partial charge in [-0.3, -0.25) is 9.78 Å². The van der Waals surface area contributed by atoms with Crippen molar-refractivity contribution in [2.24, 2.45) is 0 Å². The van der Waals surface area contributed by atoms with Crippen molar-refractivity contribution in [1.29, 1.82) is 0 Å². The number of methoxy groups -OCH3 is 1. The quantitative estimate of drug-likeness (QED) is 0.909. The molecule has 1 amide bonds. The number of nitrogens with zero attached hydrogens (tertiary/aromatic N) is 2. The Labute approximate surface area is 129 Å². The number of carbonyl (C=O) groups is 2. The maximum Gasteiger partial charge on any atom is 0.418 e. The van der Waals surface area contributed by atoms with Crippen molar-refractivity contribution in [3.8, 4) is 0 Å². The molecule has 0 aliphatic carbocycles. The minimum absolute atomic E-state index is 0.0301. The molecule has 2 heterocycles.